The van der Waals surface area contributed by atoms with Crippen molar-refractivity contribution in [2.24, 2.45) is 0 Å². The number of aliphatic hydroxyl groups is 1. The lowest BCUT2D eigenvalue weighted by molar-refractivity contribution is -0.450. The van der Waals surface area contributed by atoms with Crippen molar-refractivity contribution in [2.75, 3.05) is 6.61 Å². The molecular formula is C10H7F15O3. The van der Waals surface area contributed by atoms with E-state index < -0.39 is 47.7 Å². The van der Waals surface area contributed by atoms with E-state index in [1.54, 1.807) is 6.92 Å². The first-order valence-electron chi connectivity index (χ1n) is 6.04. The van der Waals surface area contributed by atoms with Crippen molar-refractivity contribution in [1.82, 2.24) is 0 Å². The Labute approximate surface area is 143 Å². The normalized spacial score (nSPS) is 15.0. The summed E-state index contributed by atoms with van der Waals surface area (Å²) in [7, 11) is 0. The number of aliphatic hydroxyl groups excluding tert-OH is 1. The molecule has 0 aromatic carbocycles. The third kappa shape index (κ3) is 3.91. The van der Waals surface area contributed by atoms with Crippen LogP contribution in [0.5, 0.6) is 0 Å². The number of carbonyl (C=O) groups is 1. The van der Waals surface area contributed by atoms with E-state index in [-0.39, 0.29) is 6.61 Å². The molecule has 0 atom stereocenters. The van der Waals surface area contributed by atoms with Gasteiger partial charge in [0.2, 0.25) is 0 Å². The van der Waals surface area contributed by atoms with E-state index in [1.165, 1.54) is 0 Å². The number of aliphatic carboxylic acids is 1. The summed E-state index contributed by atoms with van der Waals surface area (Å²) >= 11 is 0. The summed E-state index contributed by atoms with van der Waals surface area (Å²) in [6, 6.07) is 0. The Morgan fingerprint density at radius 3 is 1.04 bits per heavy atom. The number of hydrogen-bond donors (Lipinski definition) is 2. The van der Waals surface area contributed by atoms with Gasteiger partial charge in [-0.1, -0.05) is 0 Å². The molecule has 0 spiro atoms. The number of carboxylic acids is 1. The molecule has 18 heteroatoms. The van der Waals surface area contributed by atoms with E-state index in [1.807, 2.05) is 0 Å². The van der Waals surface area contributed by atoms with E-state index in [0.29, 0.717) is 0 Å². The van der Waals surface area contributed by atoms with E-state index in [9.17, 15) is 70.7 Å². The van der Waals surface area contributed by atoms with Gasteiger partial charge in [0.05, 0.1) is 0 Å². The topological polar surface area (TPSA) is 57.5 Å². The molecule has 170 valence electrons. The lowest BCUT2D eigenvalue weighted by Crippen LogP contribution is -2.73. The van der Waals surface area contributed by atoms with Crippen LogP contribution in [0.4, 0.5) is 65.9 Å². The fourth-order valence-electron chi connectivity index (χ4n) is 1.10. The molecule has 0 saturated carbocycles. The van der Waals surface area contributed by atoms with Gasteiger partial charge in [-0.15, -0.1) is 0 Å². The van der Waals surface area contributed by atoms with Gasteiger partial charge < -0.3 is 10.2 Å². The first-order chi connectivity index (χ1) is 11.9. The lowest BCUT2D eigenvalue weighted by atomic mass is 9.91. The van der Waals surface area contributed by atoms with Crippen LogP contribution in [0.2, 0.25) is 0 Å². The van der Waals surface area contributed by atoms with Gasteiger partial charge in [0.25, 0.3) is 0 Å². The minimum Gasteiger partial charge on any atom is -0.477 e. The quantitative estimate of drug-likeness (QED) is 0.577. The van der Waals surface area contributed by atoms with Crippen molar-refractivity contribution < 1.29 is 80.9 Å². The largest absolute Gasteiger partial charge is 0.477 e. The number of alkyl halides is 15. The Hall–Kier alpha value is -1.62. The second kappa shape index (κ2) is 7.66. The molecule has 0 aliphatic rings. The maximum Gasteiger partial charge on any atom is 0.460 e. The Kier molecular flexibility index (Phi) is 7.82. The Morgan fingerprint density at radius 1 is 0.607 bits per heavy atom. The van der Waals surface area contributed by atoms with Gasteiger partial charge in [-0.25, -0.2) is 4.79 Å². The molecule has 0 aromatic heterocycles. The van der Waals surface area contributed by atoms with Crippen LogP contribution in [0.1, 0.15) is 6.92 Å². The van der Waals surface area contributed by atoms with Gasteiger partial charge >= 0.3 is 47.7 Å². The van der Waals surface area contributed by atoms with Gasteiger partial charge in [-0.2, -0.15) is 65.9 Å². The summed E-state index contributed by atoms with van der Waals surface area (Å²) in [4.78, 5) is 9.72. The first kappa shape index (κ1) is 28.6. The van der Waals surface area contributed by atoms with Crippen LogP contribution >= 0.6 is 0 Å². The molecule has 0 aliphatic heterocycles. The van der Waals surface area contributed by atoms with Crippen LogP contribution in [-0.4, -0.2) is 64.5 Å². The third-order valence-electron chi connectivity index (χ3n) is 2.60. The van der Waals surface area contributed by atoms with Gasteiger partial charge in [-0.05, 0) is 6.92 Å². The van der Waals surface area contributed by atoms with Crippen molar-refractivity contribution in [2.45, 2.75) is 48.6 Å². The van der Waals surface area contributed by atoms with E-state index in [0.717, 1.165) is 0 Å². The minimum atomic E-state index is -8.47. The maximum absolute atomic E-state index is 12.8. The second-order valence-electron chi connectivity index (χ2n) is 4.57. The molecular weight excluding hydrogens is 453 g/mol. The molecule has 0 radical (unpaired) electrons. The summed E-state index contributed by atoms with van der Waals surface area (Å²) in [6.07, 6.45) is -7.69. The highest BCUT2D eigenvalue weighted by molar-refractivity contribution is 5.77. The van der Waals surface area contributed by atoms with Crippen molar-refractivity contribution in [3.8, 4) is 0 Å². The maximum atomic E-state index is 12.8. The van der Waals surface area contributed by atoms with Crippen molar-refractivity contribution >= 4 is 5.97 Å². The SMILES string of the molecule is CCO.O=C(O)C(F)(F)C(F)(F)C(F)(F)C(F)(F)C(F)(F)C(F)(F)C(F)(F)F. The Balaban J connectivity index is 0. The first-order valence-corrected chi connectivity index (χ1v) is 6.04. The highest BCUT2D eigenvalue weighted by Gasteiger charge is 2.94. The molecule has 0 aliphatic carbocycles. The standard InChI is InChI=1S/C8HF15O2.C2H6O/c9-2(10,1(24)25)3(11,12)4(13,14)5(15,16)6(17,18)7(19,20)8(21,22)23;1-2-3/h(H,24,25);3H,2H2,1H3. The minimum absolute atomic E-state index is 0.250. The number of hydrogen-bond acceptors (Lipinski definition) is 2. The molecule has 0 unspecified atom stereocenters. The summed E-state index contributed by atoms with van der Waals surface area (Å²) in [5, 5.41) is 15.1. The van der Waals surface area contributed by atoms with Gasteiger partial charge in [0.1, 0.15) is 0 Å². The van der Waals surface area contributed by atoms with Crippen LogP contribution in [0.25, 0.3) is 0 Å². The zero-order valence-corrected chi connectivity index (χ0v) is 12.7. The average molecular weight is 460 g/mol. The van der Waals surface area contributed by atoms with Crippen molar-refractivity contribution in [3.63, 3.8) is 0 Å². The third-order valence-corrected chi connectivity index (χ3v) is 2.60. The predicted octanol–water partition coefficient (Wildman–Crippen LogP) is 4.44. The zero-order chi connectivity index (χ0) is 23.8. The summed E-state index contributed by atoms with van der Waals surface area (Å²) in [5.41, 5.74) is 0. The molecule has 0 amide bonds. The van der Waals surface area contributed by atoms with Crippen molar-refractivity contribution in [3.05, 3.63) is 0 Å². The summed E-state index contributed by atoms with van der Waals surface area (Å²) in [5.74, 6) is -52.8. The van der Waals surface area contributed by atoms with E-state index in [4.69, 9.17) is 10.2 Å². The van der Waals surface area contributed by atoms with Crippen LogP contribution in [-0.2, 0) is 4.79 Å². The molecule has 0 aromatic rings. The molecule has 0 fully saturated rings. The highest BCUT2D eigenvalue weighted by Crippen LogP contribution is 2.62. The average Bonchev–Trinajstić information content (AvgIpc) is 2.45. The summed E-state index contributed by atoms with van der Waals surface area (Å²) in [6.45, 7) is 1.93. The van der Waals surface area contributed by atoms with Crippen LogP contribution in [0, 0.1) is 0 Å². The monoisotopic (exact) mass is 460 g/mol. The number of halogens is 15. The molecule has 0 rings (SSSR count). The van der Waals surface area contributed by atoms with Crippen LogP contribution in [0.15, 0.2) is 0 Å². The lowest BCUT2D eigenvalue weighted by Gasteiger charge is -2.40. The fourth-order valence-corrected chi connectivity index (χ4v) is 1.10. The van der Waals surface area contributed by atoms with E-state index in [2.05, 4.69) is 0 Å². The molecule has 2 N–H and O–H groups in total. The van der Waals surface area contributed by atoms with Crippen LogP contribution < -0.4 is 0 Å². The highest BCUT2D eigenvalue weighted by atomic mass is 19.4. The molecule has 0 saturated heterocycles. The predicted molar refractivity (Wildman–Crippen MR) is 56.1 cm³/mol. The number of rotatable bonds is 6. The summed E-state index contributed by atoms with van der Waals surface area (Å²) < 4.78 is 187. The van der Waals surface area contributed by atoms with Gasteiger partial charge in [0, 0.05) is 6.61 Å². The molecule has 28 heavy (non-hydrogen) atoms. The van der Waals surface area contributed by atoms with Gasteiger partial charge in [0.15, 0.2) is 0 Å². The zero-order valence-electron chi connectivity index (χ0n) is 12.7. The smallest absolute Gasteiger partial charge is 0.460 e. The van der Waals surface area contributed by atoms with Gasteiger partial charge in [-0.3, -0.25) is 0 Å². The van der Waals surface area contributed by atoms with Crippen molar-refractivity contribution in [1.29, 1.82) is 0 Å². The Bertz CT molecular complexity index is 551. The van der Waals surface area contributed by atoms with Crippen LogP contribution in [0.3, 0.4) is 0 Å². The molecule has 0 bridgehead atoms. The molecule has 0 heterocycles. The Morgan fingerprint density at radius 2 is 0.821 bits per heavy atom. The fraction of sp³-hybridized carbons (Fsp3) is 0.900. The number of carboxylic acid groups (broad SMARTS) is 1. The van der Waals surface area contributed by atoms with E-state index >= 15 is 0 Å². The molecule has 3 nitrogen and oxygen atoms in total. The second-order valence-corrected chi connectivity index (χ2v) is 4.57.